The number of carbonyl (C=O) groups is 3. The van der Waals surface area contributed by atoms with E-state index in [4.69, 9.17) is 0 Å². The number of rotatable bonds is 3. The summed E-state index contributed by atoms with van der Waals surface area (Å²) in [6.07, 6.45) is 0. The van der Waals surface area contributed by atoms with Crippen molar-refractivity contribution in [3.8, 4) is 0 Å². The number of aliphatic carboxylic acids is 3. The molecule has 0 bridgehead atoms. The van der Waals surface area contributed by atoms with Crippen LogP contribution in [0.15, 0.2) is 0 Å². The third kappa shape index (κ3) is 1.28. The lowest BCUT2D eigenvalue weighted by molar-refractivity contribution is -0.358. The molecule has 0 spiro atoms. The van der Waals surface area contributed by atoms with Gasteiger partial charge in [-0.2, -0.15) is 0 Å². The van der Waals surface area contributed by atoms with E-state index in [2.05, 4.69) is 0 Å². The first kappa shape index (κ1) is 9.41. The largest absolute Gasteiger partial charge is 0.549 e. The lowest BCUT2D eigenvalue weighted by Crippen LogP contribution is -2.60. The highest BCUT2D eigenvalue weighted by Crippen LogP contribution is 2.11. The van der Waals surface area contributed by atoms with Crippen LogP contribution < -0.4 is 15.3 Å². The highest BCUT2D eigenvalue weighted by atomic mass is 16.4. The van der Waals surface area contributed by atoms with Gasteiger partial charge in [-0.25, -0.2) is 0 Å². The van der Waals surface area contributed by atoms with Crippen LogP contribution in [0.25, 0.3) is 0 Å². The molecule has 0 N–H and O–H groups in total. The van der Waals surface area contributed by atoms with Gasteiger partial charge < -0.3 is 29.7 Å². The van der Waals surface area contributed by atoms with E-state index in [0.717, 1.165) is 0 Å². The zero-order chi connectivity index (χ0) is 9.23. The van der Waals surface area contributed by atoms with Crippen molar-refractivity contribution >= 4 is 17.9 Å². The number of hydrogen-bond donors (Lipinski definition) is 0. The van der Waals surface area contributed by atoms with Gasteiger partial charge in [0.05, 0.1) is 23.3 Å². The van der Waals surface area contributed by atoms with E-state index in [1.807, 2.05) is 0 Å². The molecule has 6 heteroatoms. The predicted molar refractivity (Wildman–Crippen MR) is 23.1 cm³/mol. The van der Waals surface area contributed by atoms with Crippen LogP contribution in [0.4, 0.5) is 0 Å². The summed E-state index contributed by atoms with van der Waals surface area (Å²) in [6, 6.07) is 0. The average molecular weight is 159 g/mol. The molecule has 0 atom stereocenters. The molecular weight excluding hydrogens is 156 g/mol. The summed E-state index contributed by atoms with van der Waals surface area (Å²) in [7, 11) is 0. The second-order valence-corrected chi connectivity index (χ2v) is 1.99. The van der Waals surface area contributed by atoms with Crippen LogP contribution in [0.3, 0.4) is 0 Å². The van der Waals surface area contributed by atoms with Crippen LogP contribution in [0.5, 0.6) is 0 Å². The number of hydrogen-bond acceptors (Lipinski definition) is 6. The van der Waals surface area contributed by atoms with Gasteiger partial charge in [0, 0.05) is 0 Å². The van der Waals surface area contributed by atoms with Gasteiger partial charge in [0.15, 0.2) is 0 Å². The van der Waals surface area contributed by atoms with Crippen molar-refractivity contribution in [1.29, 1.82) is 0 Å². The van der Waals surface area contributed by atoms with Gasteiger partial charge in [-0.15, -0.1) is 0 Å². The molecular formula is C5H3O6-3. The van der Waals surface area contributed by atoms with Gasteiger partial charge in [-0.1, -0.05) is 0 Å². The molecule has 0 aliphatic rings. The smallest absolute Gasteiger partial charge is 0.0859 e. The Morgan fingerprint density at radius 3 is 1.09 bits per heavy atom. The van der Waals surface area contributed by atoms with Crippen molar-refractivity contribution in [2.75, 3.05) is 0 Å². The second kappa shape index (κ2) is 2.57. The third-order valence-corrected chi connectivity index (χ3v) is 1.22. The van der Waals surface area contributed by atoms with Crippen molar-refractivity contribution < 1.29 is 29.7 Å². The van der Waals surface area contributed by atoms with E-state index in [0.29, 0.717) is 6.92 Å². The van der Waals surface area contributed by atoms with Gasteiger partial charge in [0.25, 0.3) is 0 Å². The zero-order valence-electron chi connectivity index (χ0n) is 5.45. The Morgan fingerprint density at radius 2 is 1.09 bits per heavy atom. The Bertz CT molecular complexity index is 181. The summed E-state index contributed by atoms with van der Waals surface area (Å²) in [5.74, 6) is -6.80. The van der Waals surface area contributed by atoms with Gasteiger partial charge in [0.1, 0.15) is 0 Å². The fraction of sp³-hybridized carbons (Fsp3) is 0.400. The Hall–Kier alpha value is -1.59. The summed E-state index contributed by atoms with van der Waals surface area (Å²) in [5, 5.41) is 29.9. The van der Waals surface area contributed by atoms with E-state index in [1.165, 1.54) is 0 Å². The van der Waals surface area contributed by atoms with Crippen LogP contribution in [0, 0.1) is 5.41 Å². The lowest BCUT2D eigenvalue weighted by Gasteiger charge is -2.32. The topological polar surface area (TPSA) is 120 Å². The molecule has 0 saturated heterocycles. The Labute approximate surface area is 61.1 Å². The minimum absolute atomic E-state index is 0.424. The molecule has 0 saturated carbocycles. The minimum atomic E-state index is -3.08. The van der Waals surface area contributed by atoms with Gasteiger partial charge in [-0.05, 0) is 6.92 Å². The third-order valence-electron chi connectivity index (χ3n) is 1.22. The predicted octanol–water partition coefficient (Wildman–Crippen LogP) is -4.76. The second-order valence-electron chi connectivity index (χ2n) is 1.99. The van der Waals surface area contributed by atoms with E-state index in [1.54, 1.807) is 0 Å². The molecule has 0 aliphatic carbocycles. The fourth-order valence-electron chi connectivity index (χ4n) is 0.250. The Balaban J connectivity index is 4.99. The minimum Gasteiger partial charge on any atom is -0.549 e. The zero-order valence-corrected chi connectivity index (χ0v) is 5.45. The van der Waals surface area contributed by atoms with E-state index in [-0.39, 0.29) is 0 Å². The van der Waals surface area contributed by atoms with Crippen molar-refractivity contribution in [2.45, 2.75) is 6.92 Å². The molecule has 0 aromatic heterocycles. The molecule has 0 aliphatic heterocycles. The quantitative estimate of drug-likeness (QED) is 0.381. The summed E-state index contributed by atoms with van der Waals surface area (Å²) in [6.45, 7) is 0.424. The van der Waals surface area contributed by atoms with Crippen LogP contribution >= 0.6 is 0 Å². The first-order chi connectivity index (χ1) is 4.83. The maximum absolute atomic E-state index is 9.95. The molecule has 6 nitrogen and oxygen atoms in total. The van der Waals surface area contributed by atoms with Crippen molar-refractivity contribution in [3.63, 3.8) is 0 Å². The van der Waals surface area contributed by atoms with Gasteiger partial charge in [0.2, 0.25) is 0 Å². The van der Waals surface area contributed by atoms with Crippen LogP contribution in [-0.4, -0.2) is 17.9 Å². The molecule has 0 heterocycles. The average Bonchev–Trinajstić information content (AvgIpc) is 1.84. The molecule has 0 fully saturated rings. The molecule has 0 aromatic carbocycles. The lowest BCUT2D eigenvalue weighted by atomic mass is 9.91. The van der Waals surface area contributed by atoms with Crippen molar-refractivity contribution in [2.24, 2.45) is 5.41 Å². The van der Waals surface area contributed by atoms with Gasteiger partial charge in [-0.3, -0.25) is 0 Å². The van der Waals surface area contributed by atoms with Crippen molar-refractivity contribution in [3.05, 3.63) is 0 Å². The first-order valence-corrected chi connectivity index (χ1v) is 2.47. The Morgan fingerprint density at radius 1 is 0.909 bits per heavy atom. The van der Waals surface area contributed by atoms with Crippen LogP contribution in [0.2, 0.25) is 0 Å². The number of carboxylic acids is 3. The number of carbonyl (C=O) groups excluding carboxylic acids is 3. The standard InChI is InChI=1S/C5H6O6/c1-5(2(6)7,3(8)9)4(10)11/h1H3,(H,6,7)(H,8,9)(H,10,11)/p-3. The monoisotopic (exact) mass is 159 g/mol. The molecule has 0 rings (SSSR count). The molecule has 0 aromatic rings. The van der Waals surface area contributed by atoms with Gasteiger partial charge >= 0.3 is 0 Å². The van der Waals surface area contributed by atoms with E-state index in [9.17, 15) is 29.7 Å². The molecule has 0 radical (unpaired) electrons. The fourth-order valence-corrected chi connectivity index (χ4v) is 0.250. The number of carboxylic acid groups (broad SMARTS) is 3. The highest BCUT2D eigenvalue weighted by Gasteiger charge is 2.29. The maximum Gasteiger partial charge on any atom is 0.0859 e. The summed E-state index contributed by atoms with van der Waals surface area (Å²) in [4.78, 5) is 29.9. The van der Waals surface area contributed by atoms with Crippen LogP contribution in [0.1, 0.15) is 6.92 Å². The van der Waals surface area contributed by atoms with E-state index >= 15 is 0 Å². The summed E-state index contributed by atoms with van der Waals surface area (Å²) in [5.41, 5.74) is -3.08. The summed E-state index contributed by atoms with van der Waals surface area (Å²) >= 11 is 0. The van der Waals surface area contributed by atoms with E-state index < -0.39 is 23.3 Å². The maximum atomic E-state index is 9.95. The molecule has 0 unspecified atom stereocenters. The SMILES string of the molecule is CC(C(=O)[O-])(C(=O)[O-])C(=O)[O-]. The molecule has 0 amide bonds. The highest BCUT2D eigenvalue weighted by molar-refractivity contribution is 6.13. The molecule has 11 heavy (non-hydrogen) atoms. The summed E-state index contributed by atoms with van der Waals surface area (Å²) < 4.78 is 0. The van der Waals surface area contributed by atoms with Crippen LogP contribution in [-0.2, 0) is 14.4 Å². The normalized spacial score (nSPS) is 10.6. The van der Waals surface area contributed by atoms with Crippen molar-refractivity contribution in [1.82, 2.24) is 0 Å². The first-order valence-electron chi connectivity index (χ1n) is 2.47. The molecule has 62 valence electrons. The Kier molecular flexibility index (Phi) is 2.20.